The number of fused-ring (bicyclic) bond motifs is 1. The molecule has 7 nitrogen and oxygen atoms in total. The second kappa shape index (κ2) is 6.72. The molecular formula is C18H16N4O3S. The molecule has 1 N–H and O–H groups in total. The molecule has 0 bridgehead atoms. The number of aromatic nitrogens is 2. The fourth-order valence-corrected chi connectivity index (χ4v) is 3.68. The maximum Gasteiger partial charge on any atom is 0.294 e. The van der Waals surface area contributed by atoms with E-state index in [-0.39, 0.29) is 17.6 Å². The van der Waals surface area contributed by atoms with Gasteiger partial charge in [-0.15, -0.1) is 11.3 Å². The number of thiazole rings is 1. The Balaban J connectivity index is 1.53. The van der Waals surface area contributed by atoms with E-state index < -0.39 is 0 Å². The lowest BCUT2D eigenvalue weighted by molar-refractivity contribution is -0.118. The number of hydrogen-bond donors (Lipinski definition) is 1. The Morgan fingerprint density at radius 2 is 2.27 bits per heavy atom. The molecular weight excluding hydrogens is 352 g/mol. The third-order valence-electron chi connectivity index (χ3n) is 4.26. The average Bonchev–Trinajstić information content (AvgIpc) is 3.40. The van der Waals surface area contributed by atoms with Crippen LogP contribution in [0.5, 0.6) is 0 Å². The van der Waals surface area contributed by atoms with Crippen molar-refractivity contribution in [1.82, 2.24) is 9.97 Å². The van der Waals surface area contributed by atoms with Crippen molar-refractivity contribution in [3.8, 4) is 11.3 Å². The zero-order valence-corrected chi connectivity index (χ0v) is 14.9. The SMILES string of the molecule is CCC(=O)N1CCc2cc(-c3csc(NC(=O)c4cnco4)n3)ccc21. The highest BCUT2D eigenvalue weighted by Gasteiger charge is 2.24. The van der Waals surface area contributed by atoms with Crippen molar-refractivity contribution >= 4 is 34.0 Å². The third kappa shape index (κ3) is 2.99. The number of benzene rings is 1. The van der Waals surface area contributed by atoms with Crippen LogP contribution < -0.4 is 10.2 Å². The highest BCUT2D eigenvalue weighted by Crippen LogP contribution is 2.33. The van der Waals surface area contributed by atoms with Gasteiger partial charge in [0.05, 0.1) is 11.9 Å². The van der Waals surface area contributed by atoms with Gasteiger partial charge in [-0.05, 0) is 24.1 Å². The van der Waals surface area contributed by atoms with Crippen molar-refractivity contribution in [2.45, 2.75) is 19.8 Å². The normalized spacial score (nSPS) is 12.9. The van der Waals surface area contributed by atoms with Crippen molar-refractivity contribution in [2.24, 2.45) is 0 Å². The third-order valence-corrected chi connectivity index (χ3v) is 5.01. The van der Waals surface area contributed by atoms with Gasteiger partial charge in [0.25, 0.3) is 5.91 Å². The highest BCUT2D eigenvalue weighted by molar-refractivity contribution is 7.14. The van der Waals surface area contributed by atoms with Gasteiger partial charge in [-0.2, -0.15) is 0 Å². The minimum absolute atomic E-state index is 0.139. The van der Waals surface area contributed by atoms with Crippen LogP contribution >= 0.6 is 11.3 Å². The summed E-state index contributed by atoms with van der Waals surface area (Å²) in [5.74, 6) is -0.103. The first-order valence-electron chi connectivity index (χ1n) is 8.24. The molecule has 3 heterocycles. The number of nitrogens with zero attached hydrogens (tertiary/aromatic N) is 3. The van der Waals surface area contributed by atoms with E-state index in [0.29, 0.717) is 11.6 Å². The van der Waals surface area contributed by atoms with Crippen LogP contribution in [0.25, 0.3) is 11.3 Å². The maximum atomic E-state index is 12.0. The van der Waals surface area contributed by atoms with E-state index in [1.165, 1.54) is 23.9 Å². The first kappa shape index (κ1) is 16.5. The van der Waals surface area contributed by atoms with E-state index in [2.05, 4.69) is 21.4 Å². The summed E-state index contributed by atoms with van der Waals surface area (Å²) in [6, 6.07) is 5.99. The van der Waals surface area contributed by atoms with Crippen molar-refractivity contribution in [3.63, 3.8) is 0 Å². The molecule has 0 radical (unpaired) electrons. The summed E-state index contributed by atoms with van der Waals surface area (Å²) in [6.07, 6.45) is 3.91. The van der Waals surface area contributed by atoms with Crippen LogP contribution in [-0.2, 0) is 11.2 Å². The number of rotatable bonds is 4. The Kier molecular flexibility index (Phi) is 4.26. The number of hydrogen-bond acceptors (Lipinski definition) is 6. The molecule has 0 saturated carbocycles. The van der Waals surface area contributed by atoms with E-state index in [1.807, 2.05) is 29.3 Å². The van der Waals surface area contributed by atoms with Crippen LogP contribution in [0.2, 0.25) is 0 Å². The van der Waals surface area contributed by atoms with E-state index in [9.17, 15) is 9.59 Å². The number of anilines is 2. The second-order valence-electron chi connectivity index (χ2n) is 5.85. The number of oxazole rings is 1. The fourth-order valence-electron chi connectivity index (χ4n) is 2.96. The Hall–Kier alpha value is -3.00. The van der Waals surface area contributed by atoms with Gasteiger partial charge < -0.3 is 9.32 Å². The molecule has 26 heavy (non-hydrogen) atoms. The van der Waals surface area contributed by atoms with Crippen molar-refractivity contribution < 1.29 is 14.0 Å². The molecule has 8 heteroatoms. The molecule has 1 aliphatic rings. The standard InChI is InChI=1S/C18H16N4O3S/c1-2-16(23)22-6-5-12-7-11(3-4-14(12)22)13-9-26-18(20-13)21-17(24)15-8-19-10-25-15/h3-4,7-10H,2,5-6H2,1H3,(H,20,21,24). The summed E-state index contributed by atoms with van der Waals surface area (Å²) < 4.78 is 4.97. The summed E-state index contributed by atoms with van der Waals surface area (Å²) in [5.41, 5.74) is 3.87. The first-order chi connectivity index (χ1) is 12.7. The zero-order chi connectivity index (χ0) is 18.1. The summed E-state index contributed by atoms with van der Waals surface area (Å²) in [4.78, 5) is 34.0. The molecule has 4 rings (SSSR count). The topological polar surface area (TPSA) is 88.3 Å². The number of carbonyl (C=O) groups excluding carboxylic acids is 2. The quantitative estimate of drug-likeness (QED) is 0.763. The second-order valence-corrected chi connectivity index (χ2v) is 6.71. The lowest BCUT2D eigenvalue weighted by Gasteiger charge is -2.16. The predicted octanol–water partition coefficient (Wildman–Crippen LogP) is 3.35. The molecule has 0 atom stereocenters. The van der Waals surface area contributed by atoms with Gasteiger partial charge in [-0.1, -0.05) is 13.0 Å². The van der Waals surface area contributed by atoms with Crippen molar-refractivity contribution in [1.29, 1.82) is 0 Å². The first-order valence-corrected chi connectivity index (χ1v) is 9.12. The summed E-state index contributed by atoms with van der Waals surface area (Å²) in [5, 5.41) is 5.08. The van der Waals surface area contributed by atoms with Crippen LogP contribution in [-0.4, -0.2) is 28.3 Å². The molecule has 2 aromatic heterocycles. The fraction of sp³-hybridized carbons (Fsp3) is 0.222. The van der Waals surface area contributed by atoms with Crippen LogP contribution in [0.1, 0.15) is 29.5 Å². The lowest BCUT2D eigenvalue weighted by Crippen LogP contribution is -2.27. The lowest BCUT2D eigenvalue weighted by atomic mass is 10.1. The molecule has 2 amide bonds. The number of nitrogens with one attached hydrogen (secondary N) is 1. The van der Waals surface area contributed by atoms with E-state index >= 15 is 0 Å². The minimum atomic E-state index is -0.383. The van der Waals surface area contributed by atoms with Crippen LogP contribution in [0.4, 0.5) is 10.8 Å². The van der Waals surface area contributed by atoms with Gasteiger partial charge >= 0.3 is 0 Å². The van der Waals surface area contributed by atoms with Crippen LogP contribution in [0.3, 0.4) is 0 Å². The van der Waals surface area contributed by atoms with E-state index in [1.54, 1.807) is 0 Å². The number of amides is 2. The van der Waals surface area contributed by atoms with Crippen molar-refractivity contribution in [3.05, 3.63) is 47.5 Å². The number of carbonyl (C=O) groups is 2. The van der Waals surface area contributed by atoms with E-state index in [4.69, 9.17) is 4.42 Å². The molecule has 1 aliphatic heterocycles. The molecule has 0 aliphatic carbocycles. The molecule has 0 fully saturated rings. The monoisotopic (exact) mass is 368 g/mol. The van der Waals surface area contributed by atoms with Crippen LogP contribution in [0, 0.1) is 0 Å². The van der Waals surface area contributed by atoms with E-state index in [0.717, 1.165) is 35.5 Å². The molecule has 0 unspecified atom stereocenters. The Bertz CT molecular complexity index is 965. The minimum Gasteiger partial charge on any atom is -0.438 e. The average molecular weight is 368 g/mol. The summed E-state index contributed by atoms with van der Waals surface area (Å²) in [6.45, 7) is 2.60. The summed E-state index contributed by atoms with van der Waals surface area (Å²) >= 11 is 1.34. The predicted molar refractivity (Wildman–Crippen MR) is 98.4 cm³/mol. The molecule has 0 saturated heterocycles. The molecule has 3 aromatic rings. The molecule has 0 spiro atoms. The largest absolute Gasteiger partial charge is 0.438 e. The van der Waals surface area contributed by atoms with Gasteiger partial charge in [0.15, 0.2) is 11.5 Å². The smallest absolute Gasteiger partial charge is 0.294 e. The highest BCUT2D eigenvalue weighted by atomic mass is 32.1. The molecule has 1 aromatic carbocycles. The van der Waals surface area contributed by atoms with Crippen LogP contribution in [0.15, 0.2) is 40.6 Å². The molecule has 132 valence electrons. The van der Waals surface area contributed by atoms with Gasteiger partial charge in [0.1, 0.15) is 0 Å². The van der Waals surface area contributed by atoms with Gasteiger partial charge in [-0.3, -0.25) is 14.9 Å². The maximum absolute atomic E-state index is 12.0. The Morgan fingerprint density at radius 1 is 1.38 bits per heavy atom. The Morgan fingerprint density at radius 3 is 3.04 bits per heavy atom. The van der Waals surface area contributed by atoms with Gasteiger partial charge in [-0.25, -0.2) is 9.97 Å². The van der Waals surface area contributed by atoms with Crippen molar-refractivity contribution in [2.75, 3.05) is 16.8 Å². The summed E-state index contributed by atoms with van der Waals surface area (Å²) in [7, 11) is 0. The Labute approximate surface area is 153 Å². The zero-order valence-electron chi connectivity index (χ0n) is 14.1. The van der Waals surface area contributed by atoms with Gasteiger partial charge in [0.2, 0.25) is 11.7 Å². The van der Waals surface area contributed by atoms with Gasteiger partial charge in [0, 0.05) is 29.6 Å².